The van der Waals surface area contributed by atoms with Crippen molar-refractivity contribution >= 4 is 23.5 Å². The molecule has 0 aliphatic heterocycles. The Labute approximate surface area is 128 Å². The molecule has 1 aromatic rings. The molecule has 112 valence electrons. The van der Waals surface area contributed by atoms with Crippen LogP contribution in [0.25, 0.3) is 0 Å². The van der Waals surface area contributed by atoms with Crippen LogP contribution in [0.2, 0.25) is 5.02 Å². The number of benzene rings is 1. The number of rotatable bonds is 4. The van der Waals surface area contributed by atoms with Crippen LogP contribution in [-0.2, 0) is 16.1 Å². The number of carbonyl (C=O) groups is 2. The number of carboxylic acids is 1. The number of carboxylic acid groups (broad SMARTS) is 1. The Balaban J connectivity index is 1.66. The van der Waals surface area contributed by atoms with Crippen LogP contribution in [0.3, 0.4) is 0 Å². The number of hydrogen-bond donors (Lipinski definition) is 2. The fourth-order valence-corrected chi connectivity index (χ4v) is 4.19. The average molecular weight is 308 g/mol. The second-order valence-corrected chi connectivity index (χ2v) is 6.51. The summed E-state index contributed by atoms with van der Waals surface area (Å²) >= 11 is 5.91. The van der Waals surface area contributed by atoms with E-state index in [0.29, 0.717) is 11.6 Å². The van der Waals surface area contributed by atoms with Crippen molar-refractivity contribution in [2.45, 2.75) is 25.8 Å². The van der Waals surface area contributed by atoms with Crippen LogP contribution in [-0.4, -0.2) is 17.0 Å². The Morgan fingerprint density at radius 3 is 2.62 bits per heavy atom. The van der Waals surface area contributed by atoms with Gasteiger partial charge in [0.2, 0.25) is 5.91 Å². The highest BCUT2D eigenvalue weighted by Gasteiger charge is 2.53. The maximum Gasteiger partial charge on any atom is 0.307 e. The van der Waals surface area contributed by atoms with Gasteiger partial charge in [-0.3, -0.25) is 9.59 Å². The normalized spacial score (nSPS) is 30.3. The molecule has 0 unspecified atom stereocenters. The first-order chi connectivity index (χ1) is 10.1. The van der Waals surface area contributed by atoms with Crippen molar-refractivity contribution < 1.29 is 14.7 Å². The van der Waals surface area contributed by atoms with Gasteiger partial charge >= 0.3 is 5.97 Å². The minimum absolute atomic E-state index is 0.130. The summed E-state index contributed by atoms with van der Waals surface area (Å²) in [6.07, 6.45) is 2.80. The van der Waals surface area contributed by atoms with Gasteiger partial charge in [0.25, 0.3) is 0 Å². The predicted molar refractivity (Wildman–Crippen MR) is 78.7 cm³/mol. The third-order valence-corrected chi connectivity index (χ3v) is 5.10. The third kappa shape index (κ3) is 2.77. The summed E-state index contributed by atoms with van der Waals surface area (Å²) in [5.41, 5.74) is 0.922. The largest absolute Gasteiger partial charge is 0.481 e. The highest BCUT2D eigenvalue weighted by atomic mass is 35.5. The van der Waals surface area contributed by atoms with E-state index in [2.05, 4.69) is 5.32 Å². The molecule has 2 N–H and O–H groups in total. The molecule has 0 heterocycles. The van der Waals surface area contributed by atoms with E-state index in [0.717, 1.165) is 24.8 Å². The standard InChI is InChI=1S/C16H18ClNO3/c17-12-3-1-2-9(6-12)8-18-15(19)13-10-4-5-11(7-10)14(13)16(20)21/h1-3,6,10-11,13-14H,4-5,7-8H2,(H,18,19)(H,20,21)/t10-,11-,13+,14+/m0/s1. The second kappa shape index (κ2) is 5.68. The maximum atomic E-state index is 12.4. The topological polar surface area (TPSA) is 66.4 Å². The molecule has 0 radical (unpaired) electrons. The molecular weight excluding hydrogens is 290 g/mol. The molecule has 3 rings (SSSR count). The number of amides is 1. The molecule has 2 saturated carbocycles. The van der Waals surface area contributed by atoms with Gasteiger partial charge in [0.15, 0.2) is 0 Å². The van der Waals surface area contributed by atoms with E-state index in [1.807, 2.05) is 12.1 Å². The van der Waals surface area contributed by atoms with Crippen molar-refractivity contribution in [2.75, 3.05) is 0 Å². The number of aliphatic carboxylic acids is 1. The zero-order valence-electron chi connectivity index (χ0n) is 11.6. The van der Waals surface area contributed by atoms with Crippen molar-refractivity contribution in [3.8, 4) is 0 Å². The molecular formula is C16H18ClNO3. The quantitative estimate of drug-likeness (QED) is 0.899. The molecule has 1 amide bonds. The van der Waals surface area contributed by atoms with Crippen LogP contribution in [0.1, 0.15) is 24.8 Å². The lowest BCUT2D eigenvalue weighted by Gasteiger charge is -2.27. The monoisotopic (exact) mass is 307 g/mol. The number of hydrogen-bond acceptors (Lipinski definition) is 2. The van der Waals surface area contributed by atoms with Crippen molar-refractivity contribution in [1.29, 1.82) is 0 Å². The summed E-state index contributed by atoms with van der Waals surface area (Å²) in [4.78, 5) is 23.8. The molecule has 0 saturated heterocycles. The first-order valence-electron chi connectivity index (χ1n) is 7.31. The van der Waals surface area contributed by atoms with Crippen LogP contribution >= 0.6 is 11.6 Å². The molecule has 4 atom stereocenters. The van der Waals surface area contributed by atoms with Gasteiger partial charge in [0.1, 0.15) is 0 Å². The molecule has 4 nitrogen and oxygen atoms in total. The van der Waals surface area contributed by atoms with Gasteiger partial charge in [-0.1, -0.05) is 23.7 Å². The Bertz CT molecular complexity index is 574. The lowest BCUT2D eigenvalue weighted by atomic mass is 9.78. The molecule has 0 aromatic heterocycles. The van der Waals surface area contributed by atoms with E-state index in [1.54, 1.807) is 12.1 Å². The Kier molecular flexibility index (Phi) is 3.89. The molecule has 0 spiro atoms. The Morgan fingerprint density at radius 1 is 1.24 bits per heavy atom. The van der Waals surface area contributed by atoms with Gasteiger partial charge in [-0.2, -0.15) is 0 Å². The van der Waals surface area contributed by atoms with E-state index >= 15 is 0 Å². The summed E-state index contributed by atoms with van der Waals surface area (Å²) in [7, 11) is 0. The van der Waals surface area contributed by atoms with Crippen LogP contribution in [0.15, 0.2) is 24.3 Å². The Morgan fingerprint density at radius 2 is 1.95 bits per heavy atom. The minimum atomic E-state index is -0.829. The van der Waals surface area contributed by atoms with E-state index < -0.39 is 11.9 Å². The smallest absolute Gasteiger partial charge is 0.307 e. The van der Waals surface area contributed by atoms with E-state index in [9.17, 15) is 14.7 Å². The molecule has 2 aliphatic rings. The fourth-order valence-electron chi connectivity index (χ4n) is 3.98. The number of nitrogens with one attached hydrogen (secondary N) is 1. The molecule has 2 aliphatic carbocycles. The van der Waals surface area contributed by atoms with E-state index in [-0.39, 0.29) is 23.7 Å². The zero-order valence-corrected chi connectivity index (χ0v) is 12.3. The summed E-state index contributed by atoms with van der Waals surface area (Å²) in [5, 5.41) is 12.9. The Hall–Kier alpha value is -1.55. The maximum absolute atomic E-state index is 12.4. The number of halogens is 1. The average Bonchev–Trinajstić information content (AvgIpc) is 3.05. The number of fused-ring (bicyclic) bond motifs is 2. The third-order valence-electron chi connectivity index (χ3n) is 4.86. The van der Waals surface area contributed by atoms with Crippen molar-refractivity contribution in [2.24, 2.45) is 23.7 Å². The highest BCUT2D eigenvalue weighted by Crippen LogP contribution is 2.52. The molecule has 5 heteroatoms. The van der Waals surface area contributed by atoms with Crippen LogP contribution in [0, 0.1) is 23.7 Å². The fraction of sp³-hybridized carbons (Fsp3) is 0.500. The van der Waals surface area contributed by atoms with E-state index in [4.69, 9.17) is 11.6 Å². The van der Waals surface area contributed by atoms with Crippen LogP contribution in [0.4, 0.5) is 0 Å². The highest BCUT2D eigenvalue weighted by molar-refractivity contribution is 6.30. The first kappa shape index (κ1) is 14.4. The van der Waals surface area contributed by atoms with Crippen molar-refractivity contribution in [3.63, 3.8) is 0 Å². The second-order valence-electron chi connectivity index (χ2n) is 6.07. The molecule has 2 bridgehead atoms. The molecule has 2 fully saturated rings. The van der Waals surface area contributed by atoms with Gasteiger partial charge in [0.05, 0.1) is 11.8 Å². The molecule has 21 heavy (non-hydrogen) atoms. The van der Waals surface area contributed by atoms with Gasteiger partial charge in [-0.25, -0.2) is 0 Å². The van der Waals surface area contributed by atoms with Gasteiger partial charge < -0.3 is 10.4 Å². The summed E-state index contributed by atoms with van der Waals surface area (Å²) < 4.78 is 0. The summed E-state index contributed by atoms with van der Waals surface area (Å²) in [6.45, 7) is 0.389. The van der Waals surface area contributed by atoms with Crippen molar-refractivity contribution in [1.82, 2.24) is 5.32 Å². The predicted octanol–water partition coefficient (Wildman–Crippen LogP) is 2.70. The lowest BCUT2D eigenvalue weighted by molar-refractivity contribution is -0.149. The first-order valence-corrected chi connectivity index (χ1v) is 7.69. The lowest BCUT2D eigenvalue weighted by Crippen LogP contribution is -2.41. The van der Waals surface area contributed by atoms with Crippen LogP contribution < -0.4 is 5.32 Å². The van der Waals surface area contributed by atoms with Crippen LogP contribution in [0.5, 0.6) is 0 Å². The van der Waals surface area contributed by atoms with Gasteiger partial charge in [0, 0.05) is 11.6 Å². The minimum Gasteiger partial charge on any atom is -0.481 e. The van der Waals surface area contributed by atoms with E-state index in [1.165, 1.54) is 0 Å². The van der Waals surface area contributed by atoms with Gasteiger partial charge in [-0.15, -0.1) is 0 Å². The molecule has 1 aromatic carbocycles. The zero-order chi connectivity index (χ0) is 15.0. The summed E-state index contributed by atoms with van der Waals surface area (Å²) in [6, 6.07) is 7.31. The number of carbonyl (C=O) groups excluding carboxylic acids is 1. The van der Waals surface area contributed by atoms with Gasteiger partial charge in [-0.05, 0) is 48.8 Å². The van der Waals surface area contributed by atoms with Crippen molar-refractivity contribution in [3.05, 3.63) is 34.9 Å². The SMILES string of the molecule is O=C(O)[C@@H]1[C@H]2CC[C@@H](C2)[C@H]1C(=O)NCc1cccc(Cl)c1. The summed E-state index contributed by atoms with van der Waals surface area (Å²) in [5.74, 6) is -1.44.